The molecule has 136 valence electrons. The minimum absolute atomic E-state index is 0.185. The van der Waals surface area contributed by atoms with Crippen LogP contribution < -0.4 is 9.47 Å². The highest BCUT2D eigenvalue weighted by Gasteiger charge is 2.19. The van der Waals surface area contributed by atoms with Crippen LogP contribution in [0.5, 0.6) is 11.5 Å². The zero-order chi connectivity index (χ0) is 19.0. The van der Waals surface area contributed by atoms with Gasteiger partial charge in [0.2, 0.25) is 0 Å². The Morgan fingerprint density at radius 3 is 1.56 bits per heavy atom. The Balaban J connectivity index is 1.56. The Kier molecular flexibility index (Phi) is 4.04. The first-order chi connectivity index (χ1) is 13.1. The van der Waals surface area contributed by atoms with Crippen LogP contribution in [0.1, 0.15) is 21.0 Å². The van der Waals surface area contributed by atoms with E-state index in [0.29, 0.717) is 11.5 Å². The van der Waals surface area contributed by atoms with Gasteiger partial charge in [-0.3, -0.25) is 0 Å². The molecule has 7 heteroatoms. The molecule has 0 radical (unpaired) electrons. The van der Waals surface area contributed by atoms with Crippen molar-refractivity contribution in [2.75, 3.05) is 14.2 Å². The molecule has 2 aromatic heterocycles. The fourth-order valence-corrected chi connectivity index (χ4v) is 2.89. The number of ether oxygens (including phenoxy) is 3. The highest BCUT2D eigenvalue weighted by atomic mass is 16.6. The summed E-state index contributed by atoms with van der Waals surface area (Å²) in [7, 11) is 3.13. The SMILES string of the molecule is COc1ccc2[nH]c(C(=O)OC(=O)c3cc4cc(OC)ccc4[nH]3)cc2c1. The minimum atomic E-state index is -0.758. The number of carbonyl (C=O) groups is 2. The van der Waals surface area contributed by atoms with Crippen molar-refractivity contribution < 1.29 is 23.8 Å². The number of aromatic amines is 2. The molecular weight excluding hydrogens is 348 g/mol. The van der Waals surface area contributed by atoms with E-state index in [9.17, 15) is 9.59 Å². The van der Waals surface area contributed by atoms with Crippen LogP contribution in [-0.4, -0.2) is 36.1 Å². The van der Waals surface area contributed by atoms with Gasteiger partial charge in [0.05, 0.1) is 14.2 Å². The van der Waals surface area contributed by atoms with Gasteiger partial charge in [0.1, 0.15) is 22.9 Å². The van der Waals surface area contributed by atoms with E-state index in [1.54, 1.807) is 62.8 Å². The third-order valence-corrected chi connectivity index (χ3v) is 4.28. The second kappa shape index (κ2) is 6.53. The average Bonchev–Trinajstić information content (AvgIpc) is 3.30. The number of carbonyl (C=O) groups excluding carboxylic acids is 2. The maximum absolute atomic E-state index is 12.3. The second-order valence-corrected chi connectivity index (χ2v) is 5.95. The number of hydrogen-bond donors (Lipinski definition) is 2. The lowest BCUT2D eigenvalue weighted by atomic mass is 10.2. The third kappa shape index (κ3) is 3.10. The lowest BCUT2D eigenvalue weighted by molar-refractivity contribution is 0.0390. The van der Waals surface area contributed by atoms with Crippen LogP contribution in [-0.2, 0) is 4.74 Å². The number of hydrogen-bond acceptors (Lipinski definition) is 5. The normalized spacial score (nSPS) is 10.9. The van der Waals surface area contributed by atoms with Gasteiger partial charge in [0.25, 0.3) is 0 Å². The molecule has 0 spiro atoms. The number of nitrogens with one attached hydrogen (secondary N) is 2. The fourth-order valence-electron chi connectivity index (χ4n) is 2.89. The van der Waals surface area contributed by atoms with Crippen LogP contribution >= 0.6 is 0 Å². The lowest BCUT2D eigenvalue weighted by Crippen LogP contribution is -2.13. The first-order valence-electron chi connectivity index (χ1n) is 8.17. The molecule has 0 unspecified atom stereocenters. The first-order valence-corrected chi connectivity index (χ1v) is 8.17. The summed E-state index contributed by atoms with van der Waals surface area (Å²) in [6.45, 7) is 0. The number of esters is 2. The number of fused-ring (bicyclic) bond motifs is 2. The minimum Gasteiger partial charge on any atom is -0.497 e. The molecular formula is C20H16N2O5. The fraction of sp³-hybridized carbons (Fsp3) is 0.100. The van der Waals surface area contributed by atoms with Crippen LogP contribution in [0.15, 0.2) is 48.5 Å². The van der Waals surface area contributed by atoms with Crippen molar-refractivity contribution in [3.8, 4) is 11.5 Å². The van der Waals surface area contributed by atoms with Crippen molar-refractivity contribution in [2.45, 2.75) is 0 Å². The molecule has 27 heavy (non-hydrogen) atoms. The molecule has 2 heterocycles. The zero-order valence-corrected chi connectivity index (χ0v) is 14.7. The van der Waals surface area contributed by atoms with Gasteiger partial charge in [-0.05, 0) is 48.5 Å². The maximum atomic E-state index is 12.3. The summed E-state index contributed by atoms with van der Waals surface area (Å²) < 4.78 is 15.3. The Morgan fingerprint density at radius 1 is 0.704 bits per heavy atom. The second-order valence-electron chi connectivity index (χ2n) is 5.95. The Labute approximate surface area is 153 Å². The van der Waals surface area contributed by atoms with Crippen LogP contribution in [0.3, 0.4) is 0 Å². The molecule has 0 saturated carbocycles. The summed E-state index contributed by atoms with van der Waals surface area (Å²) in [4.78, 5) is 30.5. The van der Waals surface area contributed by atoms with E-state index in [2.05, 4.69) is 9.97 Å². The molecule has 0 fully saturated rings. The predicted molar refractivity (Wildman–Crippen MR) is 99.4 cm³/mol. The molecule has 4 rings (SSSR count). The summed E-state index contributed by atoms with van der Waals surface area (Å²) in [5.41, 5.74) is 1.86. The Hall–Kier alpha value is -3.74. The molecule has 2 aromatic carbocycles. The van der Waals surface area contributed by atoms with Gasteiger partial charge in [-0.25, -0.2) is 9.59 Å². The van der Waals surface area contributed by atoms with Crippen LogP contribution in [0, 0.1) is 0 Å². The molecule has 0 aliphatic heterocycles. The summed E-state index contributed by atoms with van der Waals surface area (Å²) in [6, 6.07) is 13.9. The largest absolute Gasteiger partial charge is 0.497 e. The Morgan fingerprint density at radius 2 is 1.15 bits per heavy atom. The number of methoxy groups -OCH3 is 2. The van der Waals surface area contributed by atoms with Crippen LogP contribution in [0.2, 0.25) is 0 Å². The number of rotatable bonds is 4. The molecule has 0 aliphatic rings. The Bertz CT molecular complexity index is 1080. The van der Waals surface area contributed by atoms with E-state index in [0.717, 1.165) is 21.8 Å². The summed E-state index contributed by atoms with van der Waals surface area (Å²) in [5, 5.41) is 1.57. The highest BCUT2D eigenvalue weighted by Crippen LogP contribution is 2.23. The van der Waals surface area contributed by atoms with Crippen molar-refractivity contribution in [1.82, 2.24) is 9.97 Å². The van der Waals surface area contributed by atoms with Crippen molar-refractivity contribution in [3.63, 3.8) is 0 Å². The first kappa shape index (κ1) is 16.7. The number of benzene rings is 2. The average molecular weight is 364 g/mol. The molecule has 0 saturated heterocycles. The van der Waals surface area contributed by atoms with Crippen LogP contribution in [0.4, 0.5) is 0 Å². The smallest absolute Gasteiger partial charge is 0.362 e. The van der Waals surface area contributed by atoms with Gasteiger partial charge in [0.15, 0.2) is 0 Å². The summed E-state index contributed by atoms with van der Waals surface area (Å²) in [6.07, 6.45) is 0. The van der Waals surface area contributed by atoms with Gasteiger partial charge >= 0.3 is 11.9 Å². The van der Waals surface area contributed by atoms with E-state index in [-0.39, 0.29) is 11.4 Å². The van der Waals surface area contributed by atoms with Gasteiger partial charge in [-0.2, -0.15) is 0 Å². The summed E-state index contributed by atoms with van der Waals surface area (Å²) >= 11 is 0. The lowest BCUT2D eigenvalue weighted by Gasteiger charge is -1.99. The van der Waals surface area contributed by atoms with E-state index >= 15 is 0 Å². The predicted octanol–water partition coefficient (Wildman–Crippen LogP) is 3.66. The van der Waals surface area contributed by atoms with E-state index < -0.39 is 11.9 Å². The number of H-pyrrole nitrogens is 2. The number of aromatic nitrogens is 2. The van der Waals surface area contributed by atoms with Crippen molar-refractivity contribution in [2.24, 2.45) is 0 Å². The molecule has 4 aromatic rings. The van der Waals surface area contributed by atoms with E-state index in [1.165, 1.54) is 0 Å². The van der Waals surface area contributed by atoms with Crippen molar-refractivity contribution >= 4 is 33.7 Å². The molecule has 2 N–H and O–H groups in total. The van der Waals surface area contributed by atoms with Gasteiger partial charge < -0.3 is 24.2 Å². The van der Waals surface area contributed by atoms with Gasteiger partial charge in [0, 0.05) is 21.8 Å². The molecule has 0 aliphatic carbocycles. The van der Waals surface area contributed by atoms with E-state index in [4.69, 9.17) is 14.2 Å². The van der Waals surface area contributed by atoms with Gasteiger partial charge in [-0.15, -0.1) is 0 Å². The molecule has 7 nitrogen and oxygen atoms in total. The standard InChI is InChI=1S/C20H16N2O5/c1-25-13-3-5-15-11(7-13)9-17(21-15)19(23)27-20(24)18-10-12-8-14(26-2)4-6-16(12)22-18/h3-10,21-22H,1-2H3. The van der Waals surface area contributed by atoms with Crippen molar-refractivity contribution in [1.29, 1.82) is 0 Å². The molecule has 0 bridgehead atoms. The molecule has 0 atom stereocenters. The zero-order valence-electron chi connectivity index (χ0n) is 14.7. The third-order valence-electron chi connectivity index (χ3n) is 4.28. The van der Waals surface area contributed by atoms with Crippen molar-refractivity contribution in [3.05, 3.63) is 59.9 Å². The maximum Gasteiger partial charge on any atom is 0.362 e. The van der Waals surface area contributed by atoms with Crippen LogP contribution in [0.25, 0.3) is 21.8 Å². The quantitative estimate of drug-likeness (QED) is 0.426. The monoisotopic (exact) mass is 364 g/mol. The molecule has 0 amide bonds. The highest BCUT2D eigenvalue weighted by molar-refractivity contribution is 6.05. The topological polar surface area (TPSA) is 93.4 Å². The summed E-state index contributed by atoms with van der Waals surface area (Å²) in [5.74, 6) is -0.171. The van der Waals surface area contributed by atoms with E-state index in [1.807, 2.05) is 0 Å². The van der Waals surface area contributed by atoms with Gasteiger partial charge in [-0.1, -0.05) is 0 Å².